The van der Waals surface area contributed by atoms with Gasteiger partial charge in [0.05, 0.1) is 18.6 Å². The van der Waals surface area contributed by atoms with Crippen LogP contribution in [-0.4, -0.2) is 27.7 Å². The molecule has 0 atom stereocenters. The number of rotatable bonds is 5. The molecular weight excluding hydrogens is 467 g/mol. The van der Waals surface area contributed by atoms with Crippen molar-refractivity contribution < 1.29 is 14.3 Å². The van der Waals surface area contributed by atoms with Crippen LogP contribution in [0.5, 0.6) is 5.75 Å². The minimum absolute atomic E-state index is 0.0331. The number of carbonyl (C=O) groups is 2. The first-order valence-corrected chi connectivity index (χ1v) is 11.4. The molecule has 4 rings (SSSR count). The second-order valence-corrected chi connectivity index (χ2v) is 9.14. The summed E-state index contributed by atoms with van der Waals surface area (Å²) in [6.07, 6.45) is 1.77. The number of carbonyl (C=O) groups excluding carboxylic acids is 2. The zero-order valence-corrected chi connectivity index (χ0v) is 20.0. The van der Waals surface area contributed by atoms with Crippen LogP contribution in [-0.2, 0) is 11.3 Å². The summed E-state index contributed by atoms with van der Waals surface area (Å²) in [6.45, 7) is 4.02. The Morgan fingerprint density at radius 1 is 1.03 bits per heavy atom. The van der Waals surface area contributed by atoms with Crippen molar-refractivity contribution in [3.63, 3.8) is 0 Å². The summed E-state index contributed by atoms with van der Waals surface area (Å²) in [5.41, 5.74) is 4.40. The molecule has 2 amide bonds. The fourth-order valence-corrected chi connectivity index (χ4v) is 5.03. The van der Waals surface area contributed by atoms with E-state index >= 15 is 0 Å². The van der Waals surface area contributed by atoms with Gasteiger partial charge in [-0.3, -0.25) is 14.5 Å². The zero-order chi connectivity index (χ0) is 23.0. The molecule has 2 heterocycles. The maximum absolute atomic E-state index is 13.0. The highest BCUT2D eigenvalue weighted by Gasteiger charge is 2.36. The third-order valence-electron chi connectivity index (χ3n) is 5.34. The molecule has 1 aliphatic rings. The van der Waals surface area contributed by atoms with E-state index in [0.29, 0.717) is 20.5 Å². The van der Waals surface area contributed by atoms with Gasteiger partial charge in [0.25, 0.3) is 11.1 Å². The van der Waals surface area contributed by atoms with Crippen LogP contribution in [0.15, 0.2) is 53.4 Å². The Balaban J connectivity index is 1.63. The van der Waals surface area contributed by atoms with Crippen LogP contribution in [0.1, 0.15) is 22.5 Å². The second-order valence-electron chi connectivity index (χ2n) is 7.33. The number of amides is 2. The molecule has 2 aromatic carbocycles. The number of hydrogen-bond acceptors (Lipinski definition) is 4. The Morgan fingerprint density at radius 2 is 1.69 bits per heavy atom. The van der Waals surface area contributed by atoms with E-state index in [2.05, 4.69) is 4.57 Å². The van der Waals surface area contributed by atoms with E-state index in [0.717, 1.165) is 40.2 Å². The largest absolute Gasteiger partial charge is 0.497 e. The normalized spacial score (nSPS) is 15.2. The predicted molar refractivity (Wildman–Crippen MR) is 130 cm³/mol. The number of aryl methyl sites for hydroxylation is 1. The van der Waals surface area contributed by atoms with Crippen LogP contribution in [0.4, 0.5) is 4.79 Å². The van der Waals surface area contributed by atoms with Crippen molar-refractivity contribution in [1.29, 1.82) is 0 Å². The first-order chi connectivity index (χ1) is 15.3. The summed E-state index contributed by atoms with van der Waals surface area (Å²) in [5.74, 6) is 0.425. The molecule has 0 aliphatic carbocycles. The molecular formula is C24H20Cl2N2O3S. The molecule has 32 heavy (non-hydrogen) atoms. The average Bonchev–Trinajstić information content (AvgIpc) is 3.19. The van der Waals surface area contributed by atoms with Gasteiger partial charge >= 0.3 is 0 Å². The Hall–Kier alpha value is -2.67. The molecule has 1 aliphatic heterocycles. The van der Waals surface area contributed by atoms with Gasteiger partial charge in [-0.2, -0.15) is 0 Å². The maximum atomic E-state index is 13.0. The van der Waals surface area contributed by atoms with Crippen molar-refractivity contribution >= 4 is 52.2 Å². The van der Waals surface area contributed by atoms with E-state index in [1.807, 2.05) is 44.2 Å². The molecule has 3 aromatic rings. The minimum Gasteiger partial charge on any atom is -0.497 e. The zero-order valence-electron chi connectivity index (χ0n) is 17.7. The first-order valence-electron chi connectivity index (χ1n) is 9.81. The summed E-state index contributed by atoms with van der Waals surface area (Å²) in [6, 6.07) is 14.8. The van der Waals surface area contributed by atoms with E-state index in [-0.39, 0.29) is 17.7 Å². The lowest BCUT2D eigenvalue weighted by molar-refractivity contribution is -0.123. The van der Waals surface area contributed by atoms with Gasteiger partial charge in [0.15, 0.2) is 0 Å². The lowest BCUT2D eigenvalue weighted by Gasteiger charge is -2.14. The Kier molecular flexibility index (Phi) is 6.38. The molecule has 164 valence electrons. The summed E-state index contributed by atoms with van der Waals surface area (Å²) in [7, 11) is 1.63. The van der Waals surface area contributed by atoms with Gasteiger partial charge in [-0.25, -0.2) is 0 Å². The van der Waals surface area contributed by atoms with E-state index < -0.39 is 0 Å². The van der Waals surface area contributed by atoms with E-state index in [1.165, 1.54) is 4.90 Å². The van der Waals surface area contributed by atoms with Crippen molar-refractivity contribution in [2.24, 2.45) is 0 Å². The number of benzene rings is 2. The lowest BCUT2D eigenvalue weighted by atomic mass is 10.2. The van der Waals surface area contributed by atoms with Crippen molar-refractivity contribution in [3.8, 4) is 11.4 Å². The van der Waals surface area contributed by atoms with Crippen molar-refractivity contribution in [2.75, 3.05) is 7.11 Å². The van der Waals surface area contributed by atoms with Crippen LogP contribution in [0.2, 0.25) is 10.0 Å². The van der Waals surface area contributed by atoms with Crippen LogP contribution in [0, 0.1) is 13.8 Å². The Labute approximate surface area is 200 Å². The Morgan fingerprint density at radius 3 is 2.31 bits per heavy atom. The molecule has 1 aromatic heterocycles. The highest BCUT2D eigenvalue weighted by molar-refractivity contribution is 8.18. The molecule has 5 nitrogen and oxygen atoms in total. The SMILES string of the molecule is COc1ccc(-n2c(C)cc(/C=C3\SC(=O)N(Cc4c(Cl)cccc4Cl)C3=O)c2C)cc1. The van der Waals surface area contributed by atoms with Crippen LogP contribution in [0.3, 0.4) is 0 Å². The second kappa shape index (κ2) is 9.06. The molecule has 0 radical (unpaired) electrons. The number of methoxy groups -OCH3 is 1. The quantitative estimate of drug-likeness (QED) is 0.379. The minimum atomic E-state index is -0.356. The van der Waals surface area contributed by atoms with Gasteiger partial charge in [-0.05, 0) is 79.7 Å². The van der Waals surface area contributed by atoms with Crippen molar-refractivity contribution in [3.05, 3.63) is 86.0 Å². The number of aromatic nitrogens is 1. The number of halogens is 2. The topological polar surface area (TPSA) is 51.5 Å². The number of thioether (sulfide) groups is 1. The Bertz CT molecular complexity index is 1230. The van der Waals surface area contributed by atoms with Crippen molar-refractivity contribution in [1.82, 2.24) is 9.47 Å². The van der Waals surface area contributed by atoms with Gasteiger partial charge in [0, 0.05) is 32.7 Å². The standard InChI is InChI=1S/C24H20Cl2N2O3S/c1-14-11-16(15(2)28(14)17-7-9-18(31-3)10-8-17)12-22-23(29)27(24(30)32-22)13-19-20(25)5-4-6-21(19)26/h4-12H,13H2,1-3H3/b22-12-. The summed E-state index contributed by atoms with van der Waals surface area (Å²) < 4.78 is 7.33. The fourth-order valence-electron chi connectivity index (χ4n) is 3.68. The van der Waals surface area contributed by atoms with Crippen LogP contribution >= 0.6 is 35.0 Å². The van der Waals surface area contributed by atoms with Gasteiger partial charge in [0.1, 0.15) is 5.75 Å². The number of hydrogen-bond donors (Lipinski definition) is 0. The van der Waals surface area contributed by atoms with Gasteiger partial charge in [-0.15, -0.1) is 0 Å². The van der Waals surface area contributed by atoms with Gasteiger partial charge in [-0.1, -0.05) is 29.3 Å². The third kappa shape index (κ3) is 4.18. The molecule has 0 saturated carbocycles. The van der Waals surface area contributed by atoms with Crippen molar-refractivity contribution in [2.45, 2.75) is 20.4 Å². The molecule has 0 N–H and O–H groups in total. The van der Waals surface area contributed by atoms with E-state index in [1.54, 1.807) is 31.4 Å². The number of ether oxygens (including phenoxy) is 1. The summed E-state index contributed by atoms with van der Waals surface area (Å²) in [5, 5.41) is 0.494. The third-order valence-corrected chi connectivity index (χ3v) is 6.95. The molecule has 8 heteroatoms. The highest BCUT2D eigenvalue weighted by atomic mass is 35.5. The average molecular weight is 487 g/mol. The van der Waals surface area contributed by atoms with E-state index in [4.69, 9.17) is 27.9 Å². The number of imide groups is 1. The molecule has 1 fully saturated rings. The molecule has 0 spiro atoms. The first kappa shape index (κ1) is 22.5. The fraction of sp³-hybridized carbons (Fsp3) is 0.167. The summed E-state index contributed by atoms with van der Waals surface area (Å²) >= 11 is 13.4. The highest BCUT2D eigenvalue weighted by Crippen LogP contribution is 2.36. The lowest BCUT2D eigenvalue weighted by Crippen LogP contribution is -2.27. The monoisotopic (exact) mass is 486 g/mol. The van der Waals surface area contributed by atoms with Crippen LogP contribution in [0.25, 0.3) is 11.8 Å². The predicted octanol–water partition coefficient (Wildman–Crippen LogP) is 6.65. The van der Waals surface area contributed by atoms with Gasteiger partial charge < -0.3 is 9.30 Å². The number of nitrogens with zero attached hydrogens (tertiary/aromatic N) is 2. The smallest absolute Gasteiger partial charge is 0.293 e. The molecule has 0 bridgehead atoms. The van der Waals surface area contributed by atoms with Gasteiger partial charge in [0.2, 0.25) is 0 Å². The van der Waals surface area contributed by atoms with E-state index in [9.17, 15) is 9.59 Å². The maximum Gasteiger partial charge on any atom is 0.293 e. The van der Waals surface area contributed by atoms with Crippen LogP contribution < -0.4 is 4.74 Å². The summed E-state index contributed by atoms with van der Waals surface area (Å²) in [4.78, 5) is 27.1. The molecule has 0 unspecified atom stereocenters. The molecule has 1 saturated heterocycles.